The molecule has 0 aromatic rings. The van der Waals surface area contributed by atoms with Gasteiger partial charge >= 0.3 is 0 Å². The third kappa shape index (κ3) is 1.40. The van der Waals surface area contributed by atoms with Gasteiger partial charge in [-0.05, 0) is 19.8 Å². The van der Waals surface area contributed by atoms with Gasteiger partial charge in [0.15, 0.2) is 0 Å². The lowest BCUT2D eigenvalue weighted by Crippen LogP contribution is -2.53. The normalized spacial score (nSPS) is 33.5. The highest BCUT2D eigenvalue weighted by Crippen LogP contribution is 2.39. The van der Waals surface area contributed by atoms with E-state index in [-0.39, 0.29) is 13.2 Å². The molecule has 1 aliphatic heterocycles. The molecule has 0 aromatic heterocycles. The Labute approximate surface area is 78.1 Å². The van der Waals surface area contributed by atoms with Crippen LogP contribution in [0.1, 0.15) is 19.8 Å². The molecule has 0 bridgehead atoms. The lowest BCUT2D eigenvalue weighted by molar-refractivity contribution is -0.260. The van der Waals surface area contributed by atoms with Gasteiger partial charge in [-0.1, -0.05) is 6.08 Å². The Morgan fingerprint density at radius 2 is 2.00 bits per heavy atom. The number of hydrogen-bond donors (Lipinski definition) is 2. The van der Waals surface area contributed by atoms with Gasteiger partial charge < -0.3 is 10.2 Å². The summed E-state index contributed by atoms with van der Waals surface area (Å²) < 4.78 is 0. The molecule has 1 radical (unpaired) electrons. The fourth-order valence-corrected chi connectivity index (χ4v) is 1.75. The standard InChI is InChI=1S/C9H16NO3/c1-3-8(2)4-5-9(6-11,7-12)10(8)13/h3,11-12H,1,4-7H2,2H3. The smallest absolute Gasteiger partial charge is 0.0963 e. The van der Waals surface area contributed by atoms with Crippen LogP contribution in [-0.4, -0.2) is 39.6 Å². The summed E-state index contributed by atoms with van der Waals surface area (Å²) in [6.07, 6.45) is 2.71. The molecular formula is C9H16NO3. The van der Waals surface area contributed by atoms with Gasteiger partial charge in [0.25, 0.3) is 0 Å². The van der Waals surface area contributed by atoms with E-state index in [1.165, 1.54) is 0 Å². The largest absolute Gasteiger partial charge is 0.394 e. The molecule has 0 amide bonds. The molecule has 13 heavy (non-hydrogen) atoms. The van der Waals surface area contributed by atoms with Gasteiger partial charge in [0.05, 0.1) is 24.3 Å². The fourth-order valence-electron chi connectivity index (χ4n) is 1.75. The highest BCUT2D eigenvalue weighted by Gasteiger charge is 2.51. The molecule has 1 atom stereocenters. The Morgan fingerprint density at radius 1 is 1.46 bits per heavy atom. The van der Waals surface area contributed by atoms with Crippen molar-refractivity contribution in [3.63, 3.8) is 0 Å². The summed E-state index contributed by atoms with van der Waals surface area (Å²) >= 11 is 0. The Morgan fingerprint density at radius 3 is 2.23 bits per heavy atom. The Balaban J connectivity index is 2.91. The molecule has 0 spiro atoms. The van der Waals surface area contributed by atoms with Crippen molar-refractivity contribution in [3.05, 3.63) is 12.7 Å². The van der Waals surface area contributed by atoms with Crippen LogP contribution in [0.2, 0.25) is 0 Å². The zero-order valence-corrected chi connectivity index (χ0v) is 7.86. The Bertz CT molecular complexity index is 203. The number of aliphatic hydroxyl groups excluding tert-OH is 2. The Hall–Kier alpha value is -0.420. The fraction of sp³-hybridized carbons (Fsp3) is 0.778. The van der Waals surface area contributed by atoms with Crippen LogP contribution in [0, 0.1) is 0 Å². The SMILES string of the molecule is C=CC1(C)CCC(CO)(CO)N1[O]. The summed E-state index contributed by atoms with van der Waals surface area (Å²) in [7, 11) is 0. The molecule has 0 saturated carbocycles. The molecule has 1 aliphatic rings. The number of nitrogens with zero attached hydrogens (tertiary/aromatic N) is 1. The van der Waals surface area contributed by atoms with Crippen LogP contribution in [0.3, 0.4) is 0 Å². The highest BCUT2D eigenvalue weighted by atomic mass is 16.5. The molecule has 75 valence electrons. The first-order valence-corrected chi connectivity index (χ1v) is 4.37. The van der Waals surface area contributed by atoms with E-state index in [9.17, 15) is 5.21 Å². The summed E-state index contributed by atoms with van der Waals surface area (Å²) in [4.78, 5) is 0. The van der Waals surface area contributed by atoms with Crippen molar-refractivity contribution in [2.45, 2.75) is 30.8 Å². The molecule has 1 saturated heterocycles. The third-order valence-electron chi connectivity index (χ3n) is 3.02. The molecular weight excluding hydrogens is 170 g/mol. The zero-order chi connectivity index (χ0) is 10.1. The van der Waals surface area contributed by atoms with E-state index in [0.717, 1.165) is 5.06 Å². The molecule has 1 fully saturated rings. The Kier molecular flexibility index (Phi) is 2.77. The van der Waals surface area contributed by atoms with E-state index in [2.05, 4.69) is 6.58 Å². The third-order valence-corrected chi connectivity index (χ3v) is 3.02. The van der Waals surface area contributed by atoms with E-state index >= 15 is 0 Å². The predicted molar refractivity (Wildman–Crippen MR) is 47.3 cm³/mol. The maximum absolute atomic E-state index is 11.8. The predicted octanol–water partition coefficient (Wildman–Crippen LogP) is 0.0958. The van der Waals surface area contributed by atoms with E-state index < -0.39 is 11.1 Å². The second-order valence-electron chi connectivity index (χ2n) is 3.90. The minimum atomic E-state index is -1.01. The number of rotatable bonds is 3. The van der Waals surface area contributed by atoms with Crippen LogP contribution in [0.25, 0.3) is 0 Å². The second-order valence-corrected chi connectivity index (χ2v) is 3.90. The van der Waals surface area contributed by atoms with Crippen LogP contribution in [0.5, 0.6) is 0 Å². The van der Waals surface area contributed by atoms with Crippen molar-refractivity contribution in [3.8, 4) is 0 Å². The zero-order valence-electron chi connectivity index (χ0n) is 7.86. The van der Waals surface area contributed by atoms with Crippen LogP contribution >= 0.6 is 0 Å². The van der Waals surface area contributed by atoms with Crippen LogP contribution in [-0.2, 0) is 5.21 Å². The first-order chi connectivity index (χ1) is 6.04. The lowest BCUT2D eigenvalue weighted by Gasteiger charge is -2.34. The van der Waals surface area contributed by atoms with Gasteiger partial charge in [-0.2, -0.15) is 0 Å². The first kappa shape index (κ1) is 10.7. The van der Waals surface area contributed by atoms with Gasteiger partial charge in [-0.3, -0.25) is 0 Å². The number of aliphatic hydroxyl groups is 2. The summed E-state index contributed by atoms with van der Waals surface area (Å²) in [6.45, 7) is 4.74. The van der Waals surface area contributed by atoms with Crippen molar-refractivity contribution in [1.29, 1.82) is 0 Å². The first-order valence-electron chi connectivity index (χ1n) is 4.37. The number of hydroxylamine groups is 2. The molecule has 1 rings (SSSR count). The van der Waals surface area contributed by atoms with Crippen LogP contribution in [0.4, 0.5) is 0 Å². The molecule has 2 N–H and O–H groups in total. The topological polar surface area (TPSA) is 63.6 Å². The average molecular weight is 186 g/mol. The van der Waals surface area contributed by atoms with Crippen molar-refractivity contribution in [1.82, 2.24) is 5.06 Å². The van der Waals surface area contributed by atoms with Crippen molar-refractivity contribution < 1.29 is 15.4 Å². The van der Waals surface area contributed by atoms with Gasteiger partial charge in [-0.15, -0.1) is 16.8 Å². The van der Waals surface area contributed by atoms with Gasteiger partial charge in [0, 0.05) is 0 Å². The average Bonchev–Trinajstić information content (AvgIpc) is 2.43. The van der Waals surface area contributed by atoms with Crippen molar-refractivity contribution in [2.75, 3.05) is 13.2 Å². The monoisotopic (exact) mass is 186 g/mol. The summed E-state index contributed by atoms with van der Waals surface area (Å²) in [5.74, 6) is 0. The van der Waals surface area contributed by atoms with Crippen molar-refractivity contribution in [2.24, 2.45) is 0 Å². The van der Waals surface area contributed by atoms with E-state index in [1.54, 1.807) is 13.0 Å². The van der Waals surface area contributed by atoms with Crippen molar-refractivity contribution >= 4 is 0 Å². The minimum absolute atomic E-state index is 0.309. The second kappa shape index (κ2) is 3.38. The summed E-state index contributed by atoms with van der Waals surface area (Å²) in [6, 6.07) is 0. The quantitative estimate of drug-likeness (QED) is 0.614. The van der Waals surface area contributed by atoms with E-state index in [0.29, 0.717) is 12.8 Å². The van der Waals surface area contributed by atoms with Gasteiger partial charge in [0.1, 0.15) is 0 Å². The molecule has 0 aliphatic carbocycles. The maximum Gasteiger partial charge on any atom is 0.0963 e. The molecule has 0 aromatic carbocycles. The number of hydrogen-bond acceptors (Lipinski definition) is 3. The molecule has 4 heteroatoms. The summed E-state index contributed by atoms with van der Waals surface area (Å²) in [5, 5.41) is 30.7. The van der Waals surface area contributed by atoms with Gasteiger partial charge in [-0.25, -0.2) is 0 Å². The molecule has 4 nitrogen and oxygen atoms in total. The van der Waals surface area contributed by atoms with E-state index in [1.807, 2.05) is 0 Å². The van der Waals surface area contributed by atoms with E-state index in [4.69, 9.17) is 10.2 Å². The van der Waals surface area contributed by atoms with Crippen LogP contribution in [0.15, 0.2) is 12.7 Å². The molecule has 1 heterocycles. The van der Waals surface area contributed by atoms with Gasteiger partial charge in [0.2, 0.25) is 0 Å². The maximum atomic E-state index is 11.8. The van der Waals surface area contributed by atoms with Crippen LogP contribution < -0.4 is 0 Å². The summed E-state index contributed by atoms with van der Waals surface area (Å²) in [5.41, 5.74) is -1.66. The molecule has 1 unspecified atom stereocenters. The lowest BCUT2D eigenvalue weighted by atomic mass is 9.98. The minimum Gasteiger partial charge on any atom is -0.394 e. The highest BCUT2D eigenvalue weighted by molar-refractivity contribution is 5.10.